The lowest BCUT2D eigenvalue weighted by molar-refractivity contribution is -0.132. The van der Waals surface area contributed by atoms with Crippen LogP contribution >= 0.6 is 46.4 Å². The first-order valence-electron chi connectivity index (χ1n) is 15.0. The van der Waals surface area contributed by atoms with E-state index >= 15 is 0 Å². The molecule has 1 aliphatic carbocycles. The number of hydrogen-bond acceptors (Lipinski definition) is 5. The van der Waals surface area contributed by atoms with Crippen molar-refractivity contribution in [3.05, 3.63) is 97.5 Å². The number of rotatable bonds is 10. The van der Waals surface area contributed by atoms with E-state index in [4.69, 9.17) is 55.9 Å². The first kappa shape index (κ1) is 32.0. The number of nitrogens with one attached hydrogen (secondary N) is 1. The van der Waals surface area contributed by atoms with Crippen molar-refractivity contribution in [2.24, 2.45) is 0 Å². The van der Waals surface area contributed by atoms with Gasteiger partial charge in [-0.3, -0.25) is 9.59 Å². The van der Waals surface area contributed by atoms with Crippen molar-refractivity contribution in [2.75, 3.05) is 26.3 Å². The van der Waals surface area contributed by atoms with Crippen molar-refractivity contribution in [1.82, 2.24) is 15.1 Å². The van der Waals surface area contributed by atoms with Crippen LogP contribution in [0, 0.1) is 0 Å². The number of carbonyl (C=O) groups excluding carboxylic acids is 2. The minimum Gasteiger partial charge on any atom is -0.490 e. The molecule has 2 amide bonds. The summed E-state index contributed by atoms with van der Waals surface area (Å²) >= 11 is 24.5. The fraction of sp³-hybridized carbons (Fsp3) is 0.353. The average Bonchev–Trinajstić information content (AvgIpc) is 3.86. The monoisotopic (exact) mass is 687 g/mol. The third-order valence-electron chi connectivity index (χ3n) is 8.36. The Morgan fingerprint density at radius 2 is 1.64 bits per heavy atom. The predicted octanol–water partition coefficient (Wildman–Crippen LogP) is 7.30. The molecule has 3 aliphatic rings. The molecule has 3 aromatic rings. The Kier molecular flexibility index (Phi) is 9.83. The molecular formula is C34H33Cl4N3O4. The molecule has 2 atom stereocenters. The summed E-state index contributed by atoms with van der Waals surface area (Å²) in [5, 5.41) is 5.39. The van der Waals surface area contributed by atoms with Crippen molar-refractivity contribution < 1.29 is 19.1 Å². The lowest BCUT2D eigenvalue weighted by atomic mass is 9.82. The number of amides is 2. The van der Waals surface area contributed by atoms with Crippen LogP contribution in [0.4, 0.5) is 0 Å². The van der Waals surface area contributed by atoms with Crippen molar-refractivity contribution in [1.29, 1.82) is 0 Å². The van der Waals surface area contributed by atoms with Gasteiger partial charge in [0.1, 0.15) is 24.7 Å². The summed E-state index contributed by atoms with van der Waals surface area (Å²) in [5.74, 6) is 1.14. The second-order valence-electron chi connectivity index (χ2n) is 11.6. The van der Waals surface area contributed by atoms with Gasteiger partial charge in [0.15, 0.2) is 0 Å². The summed E-state index contributed by atoms with van der Waals surface area (Å²) in [7, 11) is 0. The zero-order chi connectivity index (χ0) is 31.7. The Morgan fingerprint density at radius 3 is 2.36 bits per heavy atom. The molecule has 0 spiro atoms. The normalized spacial score (nSPS) is 19.4. The Morgan fingerprint density at radius 1 is 0.911 bits per heavy atom. The van der Waals surface area contributed by atoms with Gasteiger partial charge in [-0.1, -0.05) is 70.7 Å². The summed E-state index contributed by atoms with van der Waals surface area (Å²) in [6, 6.07) is 18.6. The molecule has 11 heteroatoms. The largest absolute Gasteiger partial charge is 0.490 e. The van der Waals surface area contributed by atoms with Crippen LogP contribution in [0.25, 0.3) is 5.57 Å². The van der Waals surface area contributed by atoms with Gasteiger partial charge in [0, 0.05) is 55.3 Å². The maximum atomic E-state index is 14.5. The second kappa shape index (κ2) is 13.8. The smallest absolute Gasteiger partial charge is 0.252 e. The van der Waals surface area contributed by atoms with Gasteiger partial charge >= 0.3 is 0 Å². The molecule has 45 heavy (non-hydrogen) atoms. The molecule has 1 saturated carbocycles. The van der Waals surface area contributed by atoms with Crippen molar-refractivity contribution in [2.45, 2.75) is 50.9 Å². The summed E-state index contributed by atoms with van der Waals surface area (Å²) in [4.78, 5) is 30.7. The Balaban J connectivity index is 1.22. The number of benzene rings is 3. The van der Waals surface area contributed by atoms with E-state index in [-0.39, 0.29) is 43.2 Å². The fourth-order valence-electron chi connectivity index (χ4n) is 6.04. The van der Waals surface area contributed by atoms with Gasteiger partial charge < -0.3 is 24.6 Å². The van der Waals surface area contributed by atoms with Crippen LogP contribution in [0.15, 0.2) is 66.2 Å². The van der Waals surface area contributed by atoms with Gasteiger partial charge in [-0.25, -0.2) is 0 Å². The number of piperazine rings is 1. The summed E-state index contributed by atoms with van der Waals surface area (Å²) in [5.41, 5.74) is 3.70. The Hall–Kier alpha value is -2.94. The van der Waals surface area contributed by atoms with Crippen LogP contribution in [-0.4, -0.2) is 66.0 Å². The van der Waals surface area contributed by atoms with Crippen molar-refractivity contribution >= 4 is 63.8 Å². The van der Waals surface area contributed by atoms with Crippen molar-refractivity contribution in [3.63, 3.8) is 0 Å². The Bertz CT molecular complexity index is 1630. The lowest BCUT2D eigenvalue weighted by Crippen LogP contribution is -2.61. The molecule has 0 unspecified atom stereocenters. The highest BCUT2D eigenvalue weighted by Crippen LogP contribution is 2.38. The standard InChI is InChI=1S/C34H33Cl4N3O4/c1-20(42)40-18-24-14-27(22-5-9-26(10-6-22)44-11-12-45-32-16-29(37)28(36)15-30(32)38)33(31(19-40)39-24)34(43)41(25-7-8-25)17-21-3-2-4-23(35)13-21/h2-6,9-10,13,15-16,24-25,31,39H,7-8,11-12,14,17-19H2,1H3/t24-,31-/m1/s1. The van der Waals surface area contributed by atoms with Crippen LogP contribution in [0.1, 0.15) is 37.3 Å². The molecule has 3 aromatic carbocycles. The Labute approximate surface area is 283 Å². The fourth-order valence-corrected chi connectivity index (χ4v) is 6.85. The predicted molar refractivity (Wildman–Crippen MR) is 178 cm³/mol. The van der Waals surface area contributed by atoms with Gasteiger partial charge in [0.05, 0.1) is 21.1 Å². The number of ether oxygens (including phenoxy) is 2. The molecule has 0 aromatic heterocycles. The van der Waals surface area contributed by atoms with E-state index in [0.29, 0.717) is 57.6 Å². The quantitative estimate of drug-likeness (QED) is 0.179. The van der Waals surface area contributed by atoms with Crippen molar-refractivity contribution in [3.8, 4) is 11.5 Å². The number of carbonyl (C=O) groups is 2. The minimum absolute atomic E-state index is 0.00673. The molecule has 0 radical (unpaired) electrons. The van der Waals surface area contributed by atoms with Gasteiger partial charge in [0.25, 0.3) is 5.91 Å². The van der Waals surface area contributed by atoms with E-state index < -0.39 is 0 Å². The topological polar surface area (TPSA) is 71.1 Å². The summed E-state index contributed by atoms with van der Waals surface area (Å²) < 4.78 is 11.6. The molecule has 1 N–H and O–H groups in total. The average molecular weight is 689 g/mol. The maximum absolute atomic E-state index is 14.5. The van der Waals surface area contributed by atoms with E-state index in [1.807, 2.05) is 58.3 Å². The van der Waals surface area contributed by atoms with Gasteiger partial charge in [-0.15, -0.1) is 0 Å². The van der Waals surface area contributed by atoms with Gasteiger partial charge in [0.2, 0.25) is 5.91 Å². The van der Waals surface area contributed by atoms with Gasteiger partial charge in [-0.05, 0) is 66.3 Å². The molecular weight excluding hydrogens is 656 g/mol. The highest BCUT2D eigenvalue weighted by Gasteiger charge is 2.43. The molecule has 2 bridgehead atoms. The first-order chi connectivity index (χ1) is 21.7. The van der Waals surface area contributed by atoms with E-state index in [0.717, 1.165) is 35.1 Å². The number of fused-ring (bicyclic) bond motifs is 2. The SMILES string of the molecule is CC(=O)N1C[C@H]2CC(c3ccc(OCCOc4cc(Cl)c(Cl)cc4Cl)cc3)=C(C(=O)N(Cc3cccc(Cl)c3)C3CC3)[C@@H](C1)N2. The molecule has 7 nitrogen and oxygen atoms in total. The summed E-state index contributed by atoms with van der Waals surface area (Å²) in [6.07, 6.45) is 2.58. The van der Waals surface area contributed by atoms with Crippen LogP contribution in [0.3, 0.4) is 0 Å². The highest BCUT2D eigenvalue weighted by atomic mass is 35.5. The molecule has 1 saturated heterocycles. The van der Waals surface area contributed by atoms with Crippen LogP contribution in [0.2, 0.25) is 20.1 Å². The van der Waals surface area contributed by atoms with Crippen LogP contribution in [-0.2, 0) is 16.1 Å². The highest BCUT2D eigenvalue weighted by molar-refractivity contribution is 6.43. The molecule has 2 fully saturated rings. The van der Waals surface area contributed by atoms with E-state index in [1.165, 1.54) is 0 Å². The molecule has 2 aliphatic heterocycles. The maximum Gasteiger partial charge on any atom is 0.252 e. The van der Waals surface area contributed by atoms with E-state index in [1.54, 1.807) is 19.1 Å². The van der Waals surface area contributed by atoms with Crippen LogP contribution < -0.4 is 14.8 Å². The third-order valence-corrected chi connectivity index (χ3v) is 9.61. The number of halogens is 4. The van der Waals surface area contributed by atoms with E-state index in [2.05, 4.69) is 5.32 Å². The zero-order valence-electron chi connectivity index (χ0n) is 24.7. The van der Waals surface area contributed by atoms with Crippen LogP contribution in [0.5, 0.6) is 11.5 Å². The zero-order valence-corrected chi connectivity index (χ0v) is 27.7. The second-order valence-corrected chi connectivity index (χ2v) is 13.3. The summed E-state index contributed by atoms with van der Waals surface area (Å²) in [6.45, 7) is 3.68. The number of hydrogen-bond donors (Lipinski definition) is 1. The minimum atomic E-state index is -0.259. The van der Waals surface area contributed by atoms with Gasteiger partial charge in [-0.2, -0.15) is 0 Å². The molecule has 236 valence electrons. The first-order valence-corrected chi connectivity index (χ1v) is 16.5. The van der Waals surface area contributed by atoms with E-state index in [9.17, 15) is 9.59 Å². The number of nitrogens with zero attached hydrogens (tertiary/aromatic N) is 2. The molecule has 2 heterocycles. The lowest BCUT2D eigenvalue weighted by Gasteiger charge is -2.44. The molecule has 6 rings (SSSR count). The third kappa shape index (κ3) is 7.55.